The van der Waals surface area contributed by atoms with E-state index in [4.69, 9.17) is 0 Å². The van der Waals surface area contributed by atoms with Crippen LogP contribution in [0.15, 0.2) is 30.9 Å². The highest BCUT2D eigenvalue weighted by atomic mass is 35.5. The van der Waals surface area contributed by atoms with E-state index in [1.54, 1.807) is 6.07 Å². The molecule has 1 N–H and O–H groups in total. The summed E-state index contributed by atoms with van der Waals surface area (Å²) in [6.07, 6.45) is 2.79. The summed E-state index contributed by atoms with van der Waals surface area (Å²) in [5.74, 6) is -0.153. The highest BCUT2D eigenvalue weighted by Gasteiger charge is 2.22. The Balaban J connectivity index is 0.00000180. The maximum Gasteiger partial charge on any atom is 0.123 e. The third kappa shape index (κ3) is 4.03. The third-order valence-corrected chi connectivity index (χ3v) is 3.58. The van der Waals surface area contributed by atoms with Gasteiger partial charge in [-0.3, -0.25) is 4.90 Å². The van der Waals surface area contributed by atoms with Crippen molar-refractivity contribution in [1.82, 2.24) is 10.2 Å². The number of aryl methyl sites for hydroxylation is 1. The summed E-state index contributed by atoms with van der Waals surface area (Å²) in [6.45, 7) is 9.91. The lowest BCUT2D eigenvalue weighted by Crippen LogP contribution is -2.45. The van der Waals surface area contributed by atoms with Crippen molar-refractivity contribution >= 4 is 12.4 Å². The van der Waals surface area contributed by atoms with Crippen molar-refractivity contribution in [3.8, 4) is 0 Å². The molecule has 1 aromatic carbocycles. The molecule has 2 rings (SSSR count). The van der Waals surface area contributed by atoms with Crippen molar-refractivity contribution in [2.45, 2.75) is 19.4 Å². The molecular weight excluding hydrogens is 263 g/mol. The largest absolute Gasteiger partial charge is 0.314 e. The van der Waals surface area contributed by atoms with Crippen LogP contribution in [0, 0.1) is 12.7 Å². The maximum atomic E-state index is 13.5. The molecule has 1 aromatic rings. The van der Waals surface area contributed by atoms with E-state index in [-0.39, 0.29) is 24.3 Å². The van der Waals surface area contributed by atoms with Gasteiger partial charge in [0.05, 0.1) is 0 Å². The quantitative estimate of drug-likeness (QED) is 0.855. The number of piperazine rings is 1. The second-order valence-corrected chi connectivity index (χ2v) is 4.83. The summed E-state index contributed by atoms with van der Waals surface area (Å²) in [7, 11) is 0. The van der Waals surface area contributed by atoms with Crippen LogP contribution in [0.25, 0.3) is 0 Å². The molecule has 0 radical (unpaired) electrons. The summed E-state index contributed by atoms with van der Waals surface area (Å²) in [6, 6.07) is 5.32. The molecule has 0 spiro atoms. The molecular formula is C15H22ClFN2. The van der Waals surface area contributed by atoms with Crippen molar-refractivity contribution in [2.75, 3.05) is 26.2 Å². The minimum absolute atomic E-state index is 0. The monoisotopic (exact) mass is 284 g/mol. The van der Waals surface area contributed by atoms with Crippen LogP contribution in [-0.2, 0) is 0 Å². The Kier molecular flexibility index (Phi) is 6.49. The van der Waals surface area contributed by atoms with Crippen LogP contribution in [0.4, 0.5) is 4.39 Å². The summed E-state index contributed by atoms with van der Waals surface area (Å²) < 4.78 is 13.5. The lowest BCUT2D eigenvalue weighted by atomic mass is 9.96. The van der Waals surface area contributed by atoms with E-state index in [0.29, 0.717) is 0 Å². The fourth-order valence-corrected chi connectivity index (χ4v) is 2.59. The predicted octanol–water partition coefficient (Wildman–Crippen LogP) is 3.08. The van der Waals surface area contributed by atoms with Crippen molar-refractivity contribution in [2.24, 2.45) is 0 Å². The topological polar surface area (TPSA) is 15.3 Å². The number of benzene rings is 1. The van der Waals surface area contributed by atoms with Gasteiger partial charge in [-0.05, 0) is 36.6 Å². The zero-order valence-corrected chi connectivity index (χ0v) is 12.2. The molecule has 2 nitrogen and oxygen atoms in total. The Morgan fingerprint density at radius 2 is 2.11 bits per heavy atom. The van der Waals surface area contributed by atoms with Gasteiger partial charge in [0.1, 0.15) is 5.82 Å². The van der Waals surface area contributed by atoms with Gasteiger partial charge in [-0.25, -0.2) is 4.39 Å². The molecule has 0 unspecified atom stereocenters. The molecule has 106 valence electrons. The average Bonchev–Trinajstić information content (AvgIpc) is 2.40. The molecule has 1 saturated heterocycles. The van der Waals surface area contributed by atoms with Crippen LogP contribution in [0.2, 0.25) is 0 Å². The smallest absolute Gasteiger partial charge is 0.123 e. The molecule has 0 aromatic heterocycles. The molecule has 1 aliphatic heterocycles. The lowest BCUT2D eigenvalue weighted by Gasteiger charge is -2.35. The van der Waals surface area contributed by atoms with Gasteiger partial charge in [0.15, 0.2) is 0 Å². The minimum Gasteiger partial charge on any atom is -0.314 e. The Morgan fingerprint density at radius 1 is 1.42 bits per heavy atom. The number of halogens is 2. The first-order valence-electron chi connectivity index (χ1n) is 6.54. The molecule has 0 amide bonds. The van der Waals surface area contributed by atoms with E-state index >= 15 is 0 Å². The van der Waals surface area contributed by atoms with Crippen LogP contribution < -0.4 is 5.32 Å². The summed E-state index contributed by atoms with van der Waals surface area (Å²) in [4.78, 5) is 2.42. The van der Waals surface area contributed by atoms with Gasteiger partial charge >= 0.3 is 0 Å². The minimum atomic E-state index is -0.153. The Labute approximate surface area is 121 Å². The molecule has 1 heterocycles. The normalized spacial score (nSPS) is 17.6. The van der Waals surface area contributed by atoms with Gasteiger partial charge in [0.2, 0.25) is 0 Å². The summed E-state index contributed by atoms with van der Waals surface area (Å²) >= 11 is 0. The number of rotatable bonds is 4. The third-order valence-electron chi connectivity index (χ3n) is 3.58. The number of nitrogens with zero attached hydrogens (tertiary/aromatic N) is 1. The van der Waals surface area contributed by atoms with E-state index in [2.05, 4.69) is 16.8 Å². The van der Waals surface area contributed by atoms with Gasteiger partial charge in [-0.1, -0.05) is 12.1 Å². The molecule has 4 heteroatoms. The van der Waals surface area contributed by atoms with Crippen LogP contribution in [0.5, 0.6) is 0 Å². The number of hydrogen-bond acceptors (Lipinski definition) is 2. The molecule has 19 heavy (non-hydrogen) atoms. The van der Waals surface area contributed by atoms with Crippen LogP contribution in [0.3, 0.4) is 0 Å². The van der Waals surface area contributed by atoms with Gasteiger partial charge in [0, 0.05) is 32.2 Å². The van der Waals surface area contributed by atoms with Crippen LogP contribution >= 0.6 is 12.4 Å². The first kappa shape index (κ1) is 16.2. The molecule has 1 atom stereocenters. The molecule has 0 aliphatic carbocycles. The zero-order chi connectivity index (χ0) is 13.0. The van der Waals surface area contributed by atoms with Crippen molar-refractivity contribution < 1.29 is 4.39 Å². The SMILES string of the molecule is C=CC[C@@H](c1cc(F)ccc1C)N1CCNCC1.Cl. The van der Waals surface area contributed by atoms with Gasteiger partial charge in [-0.15, -0.1) is 19.0 Å². The van der Waals surface area contributed by atoms with Gasteiger partial charge in [-0.2, -0.15) is 0 Å². The average molecular weight is 285 g/mol. The predicted molar refractivity (Wildman–Crippen MR) is 80.4 cm³/mol. The standard InChI is InChI=1S/C15H21FN2.ClH/c1-3-4-15(18-9-7-17-8-10-18)14-11-13(16)6-5-12(14)2;/h3,5-6,11,15,17H,1,4,7-10H2,2H3;1H/t15-;/m0./s1. The van der Waals surface area contributed by atoms with Gasteiger partial charge in [0.25, 0.3) is 0 Å². The number of hydrogen-bond donors (Lipinski definition) is 1. The molecule has 1 fully saturated rings. The molecule has 1 aliphatic rings. The highest BCUT2D eigenvalue weighted by Crippen LogP contribution is 2.28. The molecule has 0 bridgehead atoms. The summed E-state index contributed by atoms with van der Waals surface area (Å²) in [5, 5.41) is 3.35. The van der Waals surface area contributed by atoms with E-state index in [0.717, 1.165) is 43.7 Å². The molecule has 0 saturated carbocycles. The lowest BCUT2D eigenvalue weighted by molar-refractivity contribution is 0.174. The van der Waals surface area contributed by atoms with Crippen molar-refractivity contribution in [3.63, 3.8) is 0 Å². The van der Waals surface area contributed by atoms with E-state index in [1.165, 1.54) is 6.07 Å². The highest BCUT2D eigenvalue weighted by molar-refractivity contribution is 5.85. The second kappa shape index (κ2) is 7.63. The fraction of sp³-hybridized carbons (Fsp3) is 0.467. The zero-order valence-electron chi connectivity index (χ0n) is 11.4. The maximum absolute atomic E-state index is 13.5. The van der Waals surface area contributed by atoms with Crippen molar-refractivity contribution in [3.05, 3.63) is 47.8 Å². The van der Waals surface area contributed by atoms with Gasteiger partial charge < -0.3 is 5.32 Å². The van der Waals surface area contributed by atoms with E-state index < -0.39 is 0 Å². The first-order chi connectivity index (χ1) is 8.72. The Bertz CT molecular complexity index is 417. The summed E-state index contributed by atoms with van der Waals surface area (Å²) in [5.41, 5.74) is 2.25. The van der Waals surface area contributed by atoms with E-state index in [1.807, 2.05) is 19.1 Å². The fourth-order valence-electron chi connectivity index (χ4n) is 2.59. The van der Waals surface area contributed by atoms with Crippen LogP contribution in [-0.4, -0.2) is 31.1 Å². The number of nitrogens with one attached hydrogen (secondary N) is 1. The first-order valence-corrected chi connectivity index (χ1v) is 6.54. The van der Waals surface area contributed by atoms with Crippen LogP contribution in [0.1, 0.15) is 23.6 Å². The van der Waals surface area contributed by atoms with Crippen molar-refractivity contribution in [1.29, 1.82) is 0 Å². The second-order valence-electron chi connectivity index (χ2n) is 4.83. The van der Waals surface area contributed by atoms with E-state index in [9.17, 15) is 4.39 Å². The Morgan fingerprint density at radius 3 is 2.74 bits per heavy atom. The Hall–Kier alpha value is -0.900.